The minimum atomic E-state index is -0.0319. The van der Waals surface area contributed by atoms with Gasteiger partial charge in [0.1, 0.15) is 5.82 Å². The lowest BCUT2D eigenvalue weighted by atomic mass is 10.2. The first-order valence-electron chi connectivity index (χ1n) is 6.90. The normalized spacial score (nSPS) is 15.0. The van der Waals surface area contributed by atoms with Crippen LogP contribution in [-0.4, -0.2) is 47.0 Å². The summed E-state index contributed by atoms with van der Waals surface area (Å²) in [4.78, 5) is 24.7. The van der Waals surface area contributed by atoms with Gasteiger partial charge in [-0.3, -0.25) is 9.78 Å². The number of piperazine rings is 1. The molecular weight excluding hydrogens is 266 g/mol. The zero-order valence-corrected chi connectivity index (χ0v) is 11.6. The van der Waals surface area contributed by atoms with E-state index in [9.17, 15) is 4.79 Å². The van der Waals surface area contributed by atoms with Crippen LogP contribution in [0.25, 0.3) is 0 Å². The number of nitrogens with two attached hydrogens (primary N) is 1. The number of hydrogen-bond acceptors (Lipinski definition) is 5. The summed E-state index contributed by atoms with van der Waals surface area (Å²) in [6, 6.07) is 7.52. The zero-order chi connectivity index (χ0) is 14.7. The molecule has 3 rings (SSSR count). The Morgan fingerprint density at radius 3 is 2.57 bits per heavy atom. The SMILES string of the molecule is Nc1cnccc1C(=O)N1CCN(c2ccccn2)CC1. The molecule has 6 heteroatoms. The fourth-order valence-electron chi connectivity index (χ4n) is 2.45. The van der Waals surface area contributed by atoms with Crippen molar-refractivity contribution in [2.75, 3.05) is 36.8 Å². The molecule has 0 saturated carbocycles. The molecule has 0 radical (unpaired) electrons. The van der Waals surface area contributed by atoms with Crippen LogP contribution in [-0.2, 0) is 0 Å². The van der Waals surface area contributed by atoms with E-state index in [1.165, 1.54) is 6.20 Å². The van der Waals surface area contributed by atoms with Crippen LogP contribution in [0.4, 0.5) is 11.5 Å². The highest BCUT2D eigenvalue weighted by molar-refractivity contribution is 5.99. The van der Waals surface area contributed by atoms with Gasteiger partial charge in [0.25, 0.3) is 5.91 Å². The number of nitrogen functional groups attached to an aromatic ring is 1. The molecule has 1 aliphatic rings. The van der Waals surface area contributed by atoms with Crippen molar-refractivity contribution in [1.29, 1.82) is 0 Å². The number of pyridine rings is 2. The lowest BCUT2D eigenvalue weighted by Gasteiger charge is -2.35. The number of hydrogen-bond donors (Lipinski definition) is 1. The van der Waals surface area contributed by atoms with Crippen molar-refractivity contribution < 1.29 is 4.79 Å². The van der Waals surface area contributed by atoms with Gasteiger partial charge in [-0.1, -0.05) is 6.07 Å². The summed E-state index contributed by atoms with van der Waals surface area (Å²) in [5.41, 5.74) is 6.77. The second-order valence-electron chi connectivity index (χ2n) is 4.93. The van der Waals surface area contributed by atoms with Crippen LogP contribution in [0.2, 0.25) is 0 Å². The van der Waals surface area contributed by atoms with Gasteiger partial charge in [0.15, 0.2) is 0 Å². The van der Waals surface area contributed by atoms with Gasteiger partial charge < -0.3 is 15.5 Å². The highest BCUT2D eigenvalue weighted by Crippen LogP contribution is 2.16. The van der Waals surface area contributed by atoms with Gasteiger partial charge in [0.2, 0.25) is 0 Å². The minimum Gasteiger partial charge on any atom is -0.397 e. The van der Waals surface area contributed by atoms with Gasteiger partial charge in [-0.05, 0) is 18.2 Å². The first-order valence-corrected chi connectivity index (χ1v) is 6.90. The van der Waals surface area contributed by atoms with E-state index in [1.807, 2.05) is 23.1 Å². The molecular formula is C15H17N5O. The zero-order valence-electron chi connectivity index (χ0n) is 11.6. The van der Waals surface area contributed by atoms with E-state index in [1.54, 1.807) is 18.5 Å². The number of carbonyl (C=O) groups is 1. The van der Waals surface area contributed by atoms with Crippen molar-refractivity contribution >= 4 is 17.4 Å². The van der Waals surface area contributed by atoms with E-state index in [0.29, 0.717) is 24.3 Å². The maximum atomic E-state index is 12.4. The molecule has 1 saturated heterocycles. The molecule has 2 aromatic heterocycles. The van der Waals surface area contributed by atoms with E-state index in [4.69, 9.17) is 5.73 Å². The maximum Gasteiger partial charge on any atom is 0.256 e. The molecule has 1 aliphatic heterocycles. The fraction of sp³-hybridized carbons (Fsp3) is 0.267. The Bertz CT molecular complexity index is 623. The molecule has 0 spiro atoms. The van der Waals surface area contributed by atoms with Crippen molar-refractivity contribution in [3.8, 4) is 0 Å². The summed E-state index contributed by atoms with van der Waals surface area (Å²) in [7, 11) is 0. The Morgan fingerprint density at radius 2 is 1.90 bits per heavy atom. The van der Waals surface area contributed by atoms with Gasteiger partial charge >= 0.3 is 0 Å². The number of nitrogens with zero attached hydrogens (tertiary/aromatic N) is 4. The summed E-state index contributed by atoms with van der Waals surface area (Å²) < 4.78 is 0. The van der Waals surface area contributed by atoms with Gasteiger partial charge in [-0.25, -0.2) is 4.98 Å². The largest absolute Gasteiger partial charge is 0.397 e. The fourth-order valence-corrected chi connectivity index (χ4v) is 2.45. The van der Waals surface area contributed by atoms with E-state index in [2.05, 4.69) is 14.9 Å². The summed E-state index contributed by atoms with van der Waals surface area (Å²) in [6.07, 6.45) is 4.88. The Morgan fingerprint density at radius 1 is 1.10 bits per heavy atom. The number of amides is 1. The highest BCUT2D eigenvalue weighted by Gasteiger charge is 2.23. The van der Waals surface area contributed by atoms with Gasteiger partial charge in [0, 0.05) is 38.6 Å². The van der Waals surface area contributed by atoms with E-state index in [-0.39, 0.29) is 5.91 Å². The minimum absolute atomic E-state index is 0.0319. The Hall–Kier alpha value is -2.63. The lowest BCUT2D eigenvalue weighted by Crippen LogP contribution is -2.49. The highest BCUT2D eigenvalue weighted by atomic mass is 16.2. The molecule has 2 aromatic rings. The second kappa shape index (κ2) is 5.78. The van der Waals surface area contributed by atoms with Crippen LogP contribution < -0.4 is 10.6 Å². The standard InChI is InChI=1S/C15H17N5O/c16-13-11-17-6-4-12(13)15(21)20-9-7-19(8-10-20)14-3-1-2-5-18-14/h1-6,11H,7-10,16H2. The third-order valence-corrected chi connectivity index (χ3v) is 3.62. The lowest BCUT2D eigenvalue weighted by molar-refractivity contribution is 0.0747. The molecule has 0 aromatic carbocycles. The van der Waals surface area contributed by atoms with Crippen LogP contribution in [0.3, 0.4) is 0 Å². The molecule has 0 unspecified atom stereocenters. The summed E-state index contributed by atoms with van der Waals surface area (Å²) in [5, 5.41) is 0. The van der Waals surface area contributed by atoms with Crippen molar-refractivity contribution in [3.63, 3.8) is 0 Å². The third kappa shape index (κ3) is 2.79. The molecule has 1 amide bonds. The Balaban J connectivity index is 1.66. The Labute approximate surface area is 123 Å². The molecule has 2 N–H and O–H groups in total. The molecule has 6 nitrogen and oxygen atoms in total. The quantitative estimate of drug-likeness (QED) is 0.890. The summed E-state index contributed by atoms with van der Waals surface area (Å²) in [6.45, 7) is 2.87. The molecule has 3 heterocycles. The van der Waals surface area contributed by atoms with Crippen molar-refractivity contribution in [1.82, 2.24) is 14.9 Å². The van der Waals surface area contributed by atoms with E-state index in [0.717, 1.165) is 18.9 Å². The average Bonchev–Trinajstić information content (AvgIpc) is 2.56. The van der Waals surface area contributed by atoms with Crippen LogP contribution in [0.1, 0.15) is 10.4 Å². The summed E-state index contributed by atoms with van der Waals surface area (Å²) in [5.74, 6) is 0.920. The topological polar surface area (TPSA) is 75.3 Å². The molecule has 21 heavy (non-hydrogen) atoms. The van der Waals surface area contributed by atoms with Gasteiger partial charge in [0.05, 0.1) is 17.4 Å². The number of carbonyl (C=O) groups excluding carboxylic acids is 1. The molecule has 1 fully saturated rings. The first kappa shape index (κ1) is 13.4. The smallest absolute Gasteiger partial charge is 0.256 e. The van der Waals surface area contributed by atoms with Crippen molar-refractivity contribution in [3.05, 3.63) is 48.4 Å². The van der Waals surface area contributed by atoms with Crippen LogP contribution in [0, 0.1) is 0 Å². The average molecular weight is 283 g/mol. The first-order chi connectivity index (χ1) is 10.3. The third-order valence-electron chi connectivity index (χ3n) is 3.62. The molecule has 108 valence electrons. The van der Waals surface area contributed by atoms with Crippen LogP contribution >= 0.6 is 0 Å². The van der Waals surface area contributed by atoms with Crippen LogP contribution in [0.15, 0.2) is 42.9 Å². The summed E-state index contributed by atoms with van der Waals surface area (Å²) >= 11 is 0. The maximum absolute atomic E-state index is 12.4. The second-order valence-corrected chi connectivity index (χ2v) is 4.93. The number of anilines is 2. The van der Waals surface area contributed by atoms with E-state index < -0.39 is 0 Å². The number of rotatable bonds is 2. The van der Waals surface area contributed by atoms with E-state index >= 15 is 0 Å². The van der Waals surface area contributed by atoms with Crippen molar-refractivity contribution in [2.24, 2.45) is 0 Å². The molecule has 0 atom stereocenters. The monoisotopic (exact) mass is 283 g/mol. The van der Waals surface area contributed by atoms with Gasteiger partial charge in [-0.2, -0.15) is 0 Å². The predicted molar refractivity (Wildman–Crippen MR) is 81.0 cm³/mol. The predicted octanol–water partition coefficient (Wildman–Crippen LogP) is 1.02. The number of aromatic nitrogens is 2. The van der Waals surface area contributed by atoms with Gasteiger partial charge in [-0.15, -0.1) is 0 Å². The molecule has 0 aliphatic carbocycles. The van der Waals surface area contributed by atoms with Crippen LogP contribution in [0.5, 0.6) is 0 Å². The molecule has 0 bridgehead atoms. The Kier molecular flexibility index (Phi) is 3.68. The van der Waals surface area contributed by atoms with Crippen molar-refractivity contribution in [2.45, 2.75) is 0 Å².